The molecule has 0 saturated carbocycles. The van der Waals surface area contributed by atoms with Crippen LogP contribution in [0.2, 0.25) is 5.02 Å². The molecular weight excluding hydrogens is 626 g/mol. The minimum Gasteiger partial charge on any atom is -0.492 e. The zero-order chi connectivity index (χ0) is 32.4. The van der Waals surface area contributed by atoms with Crippen LogP contribution in [0.5, 0.6) is 5.75 Å². The van der Waals surface area contributed by atoms with Crippen LogP contribution in [-0.2, 0) is 14.5 Å². The van der Waals surface area contributed by atoms with Crippen LogP contribution in [0.25, 0.3) is 22.2 Å². The topological polar surface area (TPSA) is 105 Å². The SMILES string of the molecule is CCOc1cc(N2CCC(N3CCN(C)CC3)CC2)c(C)cc1Nc1ncc(Cl)c(-c2cn(S(=O)(=O)OCC)c3ccccc23)n1. The molecule has 0 radical (unpaired) electrons. The highest BCUT2D eigenvalue weighted by Gasteiger charge is 2.28. The van der Waals surface area contributed by atoms with E-state index < -0.39 is 10.3 Å². The van der Waals surface area contributed by atoms with E-state index in [0.29, 0.717) is 51.5 Å². The second-order valence-electron chi connectivity index (χ2n) is 11.9. The second-order valence-corrected chi connectivity index (χ2v) is 13.8. The molecule has 6 rings (SSSR count). The van der Waals surface area contributed by atoms with Crippen LogP contribution in [0.15, 0.2) is 48.8 Å². The number of halogens is 1. The zero-order valence-electron chi connectivity index (χ0n) is 26.9. The number of piperazine rings is 1. The maximum atomic E-state index is 12.9. The standard InChI is InChI=1S/C33H42ClN7O4S/c1-5-44-31-20-30(40-13-11-24(12-14-40)39-17-15-38(4)16-18-39)23(3)19-28(31)36-33-35-21-27(34)32(37-33)26-22-41(46(42,43)45-6-2)29-10-8-7-9-25(26)29/h7-10,19-22,24H,5-6,11-18H2,1-4H3,(H,35,36,37). The number of piperidine rings is 1. The van der Waals surface area contributed by atoms with Crippen LogP contribution < -0.4 is 15.0 Å². The van der Waals surface area contributed by atoms with Gasteiger partial charge in [0.1, 0.15) is 5.75 Å². The minimum absolute atomic E-state index is 0.0156. The van der Waals surface area contributed by atoms with Crippen LogP contribution in [0.4, 0.5) is 17.3 Å². The maximum Gasteiger partial charge on any atom is 0.366 e. The quantitative estimate of drug-likeness (QED) is 0.232. The highest BCUT2D eigenvalue weighted by atomic mass is 35.5. The van der Waals surface area contributed by atoms with Gasteiger partial charge in [0.2, 0.25) is 5.95 Å². The fourth-order valence-corrected chi connectivity index (χ4v) is 7.75. The van der Waals surface area contributed by atoms with Gasteiger partial charge in [0.15, 0.2) is 0 Å². The Kier molecular flexibility index (Phi) is 9.72. The summed E-state index contributed by atoms with van der Waals surface area (Å²) in [5.74, 6) is 1.02. The first kappa shape index (κ1) is 32.5. The number of anilines is 3. The summed E-state index contributed by atoms with van der Waals surface area (Å²) in [6, 6.07) is 12.0. The number of aryl methyl sites for hydroxylation is 1. The van der Waals surface area contributed by atoms with Crippen molar-refractivity contribution < 1.29 is 17.3 Å². The number of hydrogen-bond donors (Lipinski definition) is 1. The largest absolute Gasteiger partial charge is 0.492 e. The molecule has 13 heteroatoms. The molecule has 0 atom stereocenters. The summed E-state index contributed by atoms with van der Waals surface area (Å²) < 4.78 is 38.1. The number of benzene rings is 2. The van der Waals surface area contributed by atoms with Crippen LogP contribution in [0, 0.1) is 6.92 Å². The summed E-state index contributed by atoms with van der Waals surface area (Å²) in [6.07, 6.45) is 5.31. The molecule has 0 unspecified atom stereocenters. The van der Waals surface area contributed by atoms with Crippen molar-refractivity contribution >= 4 is 50.1 Å². The second kappa shape index (κ2) is 13.7. The Bertz CT molecular complexity index is 1800. The van der Waals surface area contributed by atoms with E-state index in [0.717, 1.165) is 67.3 Å². The Morgan fingerprint density at radius 2 is 1.76 bits per heavy atom. The lowest BCUT2D eigenvalue weighted by atomic mass is 10.0. The molecule has 2 aromatic heterocycles. The molecule has 2 aliphatic heterocycles. The molecular formula is C33H42ClN7O4S. The van der Waals surface area contributed by atoms with Gasteiger partial charge in [0.05, 0.1) is 41.3 Å². The van der Waals surface area contributed by atoms with Gasteiger partial charge in [-0.3, -0.25) is 9.08 Å². The Balaban J connectivity index is 1.26. The van der Waals surface area contributed by atoms with E-state index in [1.807, 2.05) is 19.1 Å². The summed E-state index contributed by atoms with van der Waals surface area (Å²) in [5, 5.41) is 4.30. The normalized spacial score (nSPS) is 17.1. The van der Waals surface area contributed by atoms with Gasteiger partial charge >= 0.3 is 10.3 Å². The van der Waals surface area contributed by atoms with Crippen LogP contribution in [-0.4, -0.2) is 97.7 Å². The van der Waals surface area contributed by atoms with Gasteiger partial charge in [-0.2, -0.15) is 8.42 Å². The van der Waals surface area contributed by atoms with Gasteiger partial charge in [0.25, 0.3) is 0 Å². The fourth-order valence-electron chi connectivity index (χ4n) is 6.52. The van der Waals surface area contributed by atoms with Crippen LogP contribution in [0.1, 0.15) is 32.3 Å². The van der Waals surface area contributed by atoms with Crippen molar-refractivity contribution in [1.82, 2.24) is 23.7 Å². The number of nitrogens with one attached hydrogen (secondary N) is 1. The molecule has 2 fully saturated rings. The smallest absolute Gasteiger partial charge is 0.366 e. The third kappa shape index (κ3) is 6.68. The van der Waals surface area contributed by atoms with E-state index in [2.05, 4.69) is 51.1 Å². The summed E-state index contributed by atoms with van der Waals surface area (Å²) in [5.41, 5.74) is 4.45. The summed E-state index contributed by atoms with van der Waals surface area (Å²) >= 11 is 6.62. The highest BCUT2D eigenvalue weighted by molar-refractivity contribution is 7.85. The summed E-state index contributed by atoms with van der Waals surface area (Å²) in [7, 11) is -1.84. The first-order chi connectivity index (χ1) is 22.2. The molecule has 0 aliphatic carbocycles. The first-order valence-corrected chi connectivity index (χ1v) is 17.7. The van der Waals surface area contributed by atoms with Gasteiger partial charge in [-0.1, -0.05) is 29.8 Å². The number of rotatable bonds is 10. The third-order valence-electron chi connectivity index (χ3n) is 8.89. The van der Waals surface area contributed by atoms with E-state index in [9.17, 15) is 8.42 Å². The molecule has 0 spiro atoms. The van der Waals surface area contributed by atoms with E-state index in [1.165, 1.54) is 18.1 Å². The van der Waals surface area contributed by atoms with Crippen molar-refractivity contribution in [3.8, 4) is 17.0 Å². The van der Waals surface area contributed by atoms with Crippen molar-refractivity contribution in [3.05, 3.63) is 59.4 Å². The zero-order valence-corrected chi connectivity index (χ0v) is 28.4. The van der Waals surface area contributed by atoms with Gasteiger partial charge in [-0.15, -0.1) is 0 Å². The predicted octanol–water partition coefficient (Wildman–Crippen LogP) is 5.55. The number of nitrogens with zero attached hydrogens (tertiary/aromatic N) is 6. The Labute approximate surface area is 276 Å². The fraction of sp³-hybridized carbons (Fsp3) is 0.455. The molecule has 2 aromatic carbocycles. The van der Waals surface area contributed by atoms with Crippen molar-refractivity contribution in [2.75, 3.05) is 69.7 Å². The lowest BCUT2D eigenvalue weighted by Crippen LogP contribution is -2.52. The number of hydrogen-bond acceptors (Lipinski definition) is 10. The van der Waals surface area contributed by atoms with Crippen molar-refractivity contribution in [1.29, 1.82) is 0 Å². The molecule has 1 N–H and O–H groups in total. The molecule has 4 heterocycles. The maximum absolute atomic E-state index is 12.9. The molecule has 2 saturated heterocycles. The molecule has 4 aromatic rings. The lowest BCUT2D eigenvalue weighted by molar-refractivity contribution is 0.0982. The molecule has 46 heavy (non-hydrogen) atoms. The minimum atomic E-state index is -4.05. The number of aromatic nitrogens is 3. The molecule has 246 valence electrons. The van der Waals surface area contributed by atoms with Gasteiger partial charge in [0, 0.05) is 74.2 Å². The number of ether oxygens (including phenoxy) is 1. The molecule has 0 amide bonds. The van der Waals surface area contributed by atoms with Crippen LogP contribution >= 0.6 is 11.6 Å². The molecule has 0 bridgehead atoms. The Morgan fingerprint density at radius 3 is 2.48 bits per heavy atom. The van der Waals surface area contributed by atoms with Crippen molar-refractivity contribution in [2.24, 2.45) is 0 Å². The summed E-state index contributed by atoms with van der Waals surface area (Å²) in [4.78, 5) is 16.7. The van der Waals surface area contributed by atoms with Crippen LogP contribution in [0.3, 0.4) is 0 Å². The number of para-hydroxylation sites is 1. The van der Waals surface area contributed by atoms with Crippen molar-refractivity contribution in [3.63, 3.8) is 0 Å². The van der Waals surface area contributed by atoms with E-state index in [1.54, 1.807) is 19.1 Å². The lowest BCUT2D eigenvalue weighted by Gasteiger charge is -2.43. The van der Waals surface area contributed by atoms with Gasteiger partial charge < -0.3 is 19.9 Å². The first-order valence-electron chi connectivity index (χ1n) is 15.9. The number of likely N-dealkylation sites (N-methyl/N-ethyl adjacent to an activating group) is 1. The Morgan fingerprint density at radius 1 is 1.02 bits per heavy atom. The molecule has 2 aliphatic rings. The predicted molar refractivity (Wildman–Crippen MR) is 184 cm³/mol. The Hall–Kier alpha value is -3.42. The summed E-state index contributed by atoms with van der Waals surface area (Å²) in [6.45, 7) is 12.8. The van der Waals surface area contributed by atoms with Gasteiger partial charge in [-0.25, -0.2) is 13.9 Å². The monoisotopic (exact) mass is 667 g/mol. The van der Waals surface area contributed by atoms with E-state index >= 15 is 0 Å². The number of fused-ring (bicyclic) bond motifs is 1. The third-order valence-corrected chi connectivity index (χ3v) is 10.5. The molecule has 11 nitrogen and oxygen atoms in total. The average Bonchev–Trinajstić information content (AvgIpc) is 3.44. The van der Waals surface area contributed by atoms with E-state index in [4.69, 9.17) is 25.5 Å². The average molecular weight is 668 g/mol. The van der Waals surface area contributed by atoms with Crippen molar-refractivity contribution in [2.45, 2.75) is 39.7 Å². The van der Waals surface area contributed by atoms with Gasteiger partial charge in [-0.05, 0) is 58.4 Å². The van der Waals surface area contributed by atoms with E-state index in [-0.39, 0.29) is 6.61 Å². The highest BCUT2D eigenvalue weighted by Crippen LogP contribution is 2.38.